The van der Waals surface area contributed by atoms with E-state index in [0.717, 1.165) is 31.9 Å². The van der Waals surface area contributed by atoms with Gasteiger partial charge in [0.15, 0.2) is 5.96 Å². The second kappa shape index (κ2) is 13.3. The fourth-order valence-electron chi connectivity index (χ4n) is 3.26. The van der Waals surface area contributed by atoms with Crippen LogP contribution in [0.15, 0.2) is 47.5 Å². The van der Waals surface area contributed by atoms with Gasteiger partial charge in [-0.2, -0.15) is 8.78 Å². The number of guanidine groups is 1. The summed E-state index contributed by atoms with van der Waals surface area (Å²) in [5.41, 5.74) is 2.82. The molecule has 0 radical (unpaired) electrons. The molecule has 176 valence electrons. The lowest BCUT2D eigenvalue weighted by Gasteiger charge is -2.28. The van der Waals surface area contributed by atoms with E-state index >= 15 is 0 Å². The van der Waals surface area contributed by atoms with Crippen LogP contribution in [0.1, 0.15) is 11.1 Å². The van der Waals surface area contributed by atoms with Crippen LogP contribution in [-0.4, -0.2) is 53.0 Å². The third kappa shape index (κ3) is 7.66. The number of hydrogen-bond acceptors (Lipinski definition) is 5. The molecule has 0 unspecified atom stereocenters. The van der Waals surface area contributed by atoms with Gasteiger partial charge in [-0.05, 0) is 35.9 Å². The molecule has 2 N–H and O–H groups in total. The zero-order valence-corrected chi connectivity index (χ0v) is 20.5. The van der Waals surface area contributed by atoms with E-state index < -0.39 is 6.61 Å². The summed E-state index contributed by atoms with van der Waals surface area (Å²) in [7, 11) is 3.17. The fourth-order valence-corrected chi connectivity index (χ4v) is 3.26. The second-order valence-electron chi connectivity index (χ2n) is 6.90. The topological polar surface area (TPSA) is 67.4 Å². The van der Waals surface area contributed by atoms with Crippen molar-refractivity contribution in [2.24, 2.45) is 4.99 Å². The van der Waals surface area contributed by atoms with Crippen molar-refractivity contribution in [3.05, 3.63) is 53.6 Å². The van der Waals surface area contributed by atoms with Gasteiger partial charge in [0.05, 0.1) is 20.3 Å². The second-order valence-corrected chi connectivity index (χ2v) is 6.90. The van der Waals surface area contributed by atoms with Crippen molar-refractivity contribution in [2.45, 2.75) is 19.7 Å². The van der Waals surface area contributed by atoms with E-state index in [-0.39, 0.29) is 36.3 Å². The molecular formula is C22H29F2IN4O3. The van der Waals surface area contributed by atoms with Crippen LogP contribution < -0.4 is 25.0 Å². The van der Waals surface area contributed by atoms with Crippen molar-refractivity contribution in [1.82, 2.24) is 10.6 Å². The lowest BCUT2D eigenvalue weighted by atomic mass is 10.2. The molecule has 2 aromatic rings. The lowest BCUT2D eigenvalue weighted by Crippen LogP contribution is -2.37. The van der Waals surface area contributed by atoms with E-state index in [9.17, 15) is 8.78 Å². The predicted molar refractivity (Wildman–Crippen MR) is 132 cm³/mol. The zero-order chi connectivity index (χ0) is 22.1. The van der Waals surface area contributed by atoms with Crippen molar-refractivity contribution in [3.63, 3.8) is 0 Å². The summed E-state index contributed by atoms with van der Waals surface area (Å²) in [6.07, 6.45) is 0. The molecule has 7 nitrogen and oxygen atoms in total. The Balaban J connectivity index is 0.00000363. The highest BCUT2D eigenvalue weighted by atomic mass is 127. The van der Waals surface area contributed by atoms with Gasteiger partial charge in [-0.3, -0.25) is 4.99 Å². The first-order valence-corrected chi connectivity index (χ1v) is 10.1. The molecule has 1 aliphatic rings. The third-order valence-electron chi connectivity index (χ3n) is 4.93. The van der Waals surface area contributed by atoms with Gasteiger partial charge in [-0.25, -0.2) is 0 Å². The van der Waals surface area contributed by atoms with Crippen LogP contribution >= 0.6 is 24.0 Å². The average molecular weight is 562 g/mol. The van der Waals surface area contributed by atoms with Crippen LogP contribution in [0.5, 0.6) is 11.5 Å². The quantitative estimate of drug-likeness (QED) is 0.291. The van der Waals surface area contributed by atoms with Gasteiger partial charge < -0.3 is 29.7 Å². The van der Waals surface area contributed by atoms with Crippen molar-refractivity contribution in [1.29, 1.82) is 0 Å². The summed E-state index contributed by atoms with van der Waals surface area (Å²) >= 11 is 0. The number of morpholine rings is 1. The van der Waals surface area contributed by atoms with Crippen LogP contribution in [0.25, 0.3) is 0 Å². The van der Waals surface area contributed by atoms with Crippen LogP contribution in [0.4, 0.5) is 14.5 Å². The molecular weight excluding hydrogens is 533 g/mol. The Labute approximate surface area is 204 Å². The highest BCUT2D eigenvalue weighted by Crippen LogP contribution is 2.25. The van der Waals surface area contributed by atoms with E-state index in [1.165, 1.54) is 18.9 Å². The molecule has 0 atom stereocenters. The van der Waals surface area contributed by atoms with E-state index in [1.807, 2.05) is 0 Å². The SMILES string of the molecule is CN=C(NCc1ccc(N2CCOCC2)cc1)NCc1cc(OC)ccc1OC(F)F.I. The highest BCUT2D eigenvalue weighted by molar-refractivity contribution is 14.0. The molecule has 10 heteroatoms. The van der Waals surface area contributed by atoms with Crippen LogP contribution in [0.2, 0.25) is 0 Å². The number of hydrogen-bond donors (Lipinski definition) is 2. The van der Waals surface area contributed by atoms with Crippen molar-refractivity contribution >= 4 is 35.6 Å². The van der Waals surface area contributed by atoms with Crippen molar-refractivity contribution in [3.8, 4) is 11.5 Å². The molecule has 3 rings (SSSR count). The maximum Gasteiger partial charge on any atom is 0.387 e. The number of benzene rings is 2. The number of ether oxygens (including phenoxy) is 3. The molecule has 0 spiro atoms. The first kappa shape index (κ1) is 25.9. The third-order valence-corrected chi connectivity index (χ3v) is 4.93. The number of anilines is 1. The Kier molecular flexibility index (Phi) is 10.7. The molecule has 0 saturated carbocycles. The molecule has 1 saturated heterocycles. The molecule has 32 heavy (non-hydrogen) atoms. The molecule has 1 heterocycles. The number of alkyl halides is 2. The Bertz CT molecular complexity index is 863. The fraction of sp³-hybridized carbons (Fsp3) is 0.409. The van der Waals surface area contributed by atoms with Gasteiger partial charge in [-0.1, -0.05) is 12.1 Å². The van der Waals surface area contributed by atoms with E-state index in [4.69, 9.17) is 9.47 Å². The summed E-state index contributed by atoms with van der Waals surface area (Å²) in [5, 5.41) is 6.35. The molecule has 2 aromatic carbocycles. The van der Waals surface area contributed by atoms with E-state index in [0.29, 0.717) is 23.8 Å². The zero-order valence-electron chi connectivity index (χ0n) is 18.1. The molecule has 0 amide bonds. The van der Waals surface area contributed by atoms with Crippen molar-refractivity contribution < 1.29 is 23.0 Å². The number of rotatable bonds is 8. The Morgan fingerprint density at radius 2 is 1.78 bits per heavy atom. The van der Waals surface area contributed by atoms with Crippen molar-refractivity contribution in [2.75, 3.05) is 45.4 Å². The smallest absolute Gasteiger partial charge is 0.387 e. The minimum atomic E-state index is -2.90. The molecule has 0 aromatic heterocycles. The van der Waals surface area contributed by atoms with Gasteiger partial charge in [0.1, 0.15) is 11.5 Å². The van der Waals surface area contributed by atoms with Gasteiger partial charge in [0.25, 0.3) is 0 Å². The Hall–Kier alpha value is -2.34. The maximum absolute atomic E-state index is 12.7. The van der Waals surface area contributed by atoms with Gasteiger partial charge in [-0.15, -0.1) is 24.0 Å². The summed E-state index contributed by atoms with van der Waals surface area (Å²) < 4.78 is 40.5. The normalized spacial score (nSPS) is 14.0. The standard InChI is InChI=1S/C22H28F2N4O3.HI/c1-25-22(27-15-17-13-19(29-2)7-8-20(17)31-21(23)24)26-14-16-3-5-18(6-4-16)28-9-11-30-12-10-28;/h3-8,13,21H,9-12,14-15H2,1-2H3,(H2,25,26,27);1H. The number of nitrogens with one attached hydrogen (secondary N) is 2. The first-order valence-electron chi connectivity index (χ1n) is 10.1. The Morgan fingerprint density at radius 1 is 1.09 bits per heavy atom. The van der Waals surface area contributed by atoms with Gasteiger partial charge in [0, 0.05) is 44.5 Å². The number of aliphatic imine (C=N–C) groups is 1. The van der Waals surface area contributed by atoms with Gasteiger partial charge >= 0.3 is 6.61 Å². The summed E-state index contributed by atoms with van der Waals surface area (Å²) in [6, 6.07) is 13.0. The molecule has 1 fully saturated rings. The van der Waals surface area contributed by atoms with Gasteiger partial charge in [0.2, 0.25) is 0 Å². The molecule has 0 bridgehead atoms. The average Bonchev–Trinajstić information content (AvgIpc) is 2.80. The summed E-state index contributed by atoms with van der Waals surface area (Å²) in [4.78, 5) is 6.49. The van der Waals surface area contributed by atoms with E-state index in [2.05, 4.69) is 49.5 Å². The minimum Gasteiger partial charge on any atom is -0.497 e. The largest absolute Gasteiger partial charge is 0.497 e. The van der Waals surface area contributed by atoms with Crippen LogP contribution in [0, 0.1) is 0 Å². The number of halogens is 3. The summed E-state index contributed by atoms with van der Waals surface area (Å²) in [5.74, 6) is 1.20. The predicted octanol–water partition coefficient (Wildman–Crippen LogP) is 3.62. The Morgan fingerprint density at radius 3 is 2.41 bits per heavy atom. The number of methoxy groups -OCH3 is 1. The summed E-state index contributed by atoms with van der Waals surface area (Å²) in [6.45, 7) is 1.22. The minimum absolute atomic E-state index is 0. The number of nitrogens with zero attached hydrogens (tertiary/aromatic N) is 2. The monoisotopic (exact) mass is 562 g/mol. The van der Waals surface area contributed by atoms with E-state index in [1.54, 1.807) is 19.2 Å². The lowest BCUT2D eigenvalue weighted by molar-refractivity contribution is -0.0505. The van der Waals surface area contributed by atoms with Crippen LogP contribution in [-0.2, 0) is 17.8 Å². The molecule has 0 aliphatic carbocycles. The first-order chi connectivity index (χ1) is 15.1. The molecule has 1 aliphatic heterocycles. The maximum atomic E-state index is 12.7. The highest BCUT2D eigenvalue weighted by Gasteiger charge is 2.12. The van der Waals surface area contributed by atoms with Crippen LogP contribution in [0.3, 0.4) is 0 Å².